The second kappa shape index (κ2) is 15.0. The van der Waals surface area contributed by atoms with Crippen molar-refractivity contribution in [3.8, 4) is 11.4 Å². The number of benzene rings is 2. The molecule has 0 aliphatic heterocycles. The van der Waals surface area contributed by atoms with Gasteiger partial charge in [-0.2, -0.15) is 0 Å². The van der Waals surface area contributed by atoms with Gasteiger partial charge in [0.2, 0.25) is 0 Å². The van der Waals surface area contributed by atoms with Crippen LogP contribution < -0.4 is 40.0 Å². The molecule has 2 atom stereocenters. The van der Waals surface area contributed by atoms with E-state index in [1.807, 2.05) is 41.8 Å². The molecule has 0 unspecified atom stereocenters. The van der Waals surface area contributed by atoms with Crippen LogP contribution in [0, 0.1) is 5.82 Å². The third-order valence-electron chi connectivity index (χ3n) is 5.90. The van der Waals surface area contributed by atoms with Crippen molar-refractivity contribution < 1.29 is 58.9 Å². The molecule has 3 rings (SSSR count). The van der Waals surface area contributed by atoms with Crippen molar-refractivity contribution in [1.29, 1.82) is 0 Å². The van der Waals surface area contributed by atoms with Gasteiger partial charge in [-0.25, -0.2) is 9.37 Å². The van der Waals surface area contributed by atoms with Gasteiger partial charge in [-0.05, 0) is 55.5 Å². The number of aromatic nitrogens is 2. The Balaban J connectivity index is 0.00000481. The van der Waals surface area contributed by atoms with Crippen LogP contribution in [-0.4, -0.2) is 50.4 Å². The Bertz CT molecular complexity index is 1150. The van der Waals surface area contributed by atoms with Crippen LogP contribution in [0.5, 0.6) is 0 Å². The summed E-state index contributed by atoms with van der Waals surface area (Å²) >= 11 is 0. The molecule has 1 amide bonds. The molecular formula is C27H31FN3NaO5. The fourth-order valence-electron chi connectivity index (χ4n) is 4.12. The van der Waals surface area contributed by atoms with Crippen LogP contribution in [-0.2, 0) is 24.2 Å². The molecule has 2 aromatic carbocycles. The van der Waals surface area contributed by atoms with E-state index >= 15 is 0 Å². The van der Waals surface area contributed by atoms with E-state index in [0.29, 0.717) is 36.5 Å². The number of carboxylic acids is 1. The summed E-state index contributed by atoms with van der Waals surface area (Å²) in [6.07, 6.45) is -1.54. The SMILES string of the molecule is CCc1c(C(=O)NCCc2ccccc2)nc(-c2ccc(F)cc2)n1CC[C@@H](O)C[C@@H](O)CC(=O)[O-].[Na+]. The zero-order valence-electron chi connectivity index (χ0n) is 21.2. The molecule has 0 bridgehead atoms. The first-order chi connectivity index (χ1) is 17.3. The molecule has 10 heteroatoms. The first kappa shape index (κ1) is 30.7. The quantitative estimate of drug-likeness (QED) is 0.245. The number of aliphatic carboxylic acids is 1. The van der Waals surface area contributed by atoms with Crippen molar-refractivity contribution in [3.05, 3.63) is 77.4 Å². The largest absolute Gasteiger partial charge is 1.00 e. The standard InChI is InChI=1S/C27H32FN3O5.Na/c1-2-23-25(27(36)29-14-12-18-6-4-3-5-7-18)30-26(19-8-10-20(28)11-9-19)31(23)15-13-21(32)16-22(33)17-24(34)35;/h3-11,21-22,32-33H,2,12-17H2,1H3,(H,29,36)(H,34,35);/q;+1/p-1/t21-,22-;/m1./s1. The first-order valence-electron chi connectivity index (χ1n) is 12.0. The van der Waals surface area contributed by atoms with Crippen LogP contribution in [0.2, 0.25) is 0 Å². The summed E-state index contributed by atoms with van der Waals surface area (Å²) in [7, 11) is 0. The third-order valence-corrected chi connectivity index (χ3v) is 5.90. The molecular weight excluding hydrogens is 488 g/mol. The number of aliphatic hydroxyl groups excluding tert-OH is 2. The first-order valence-corrected chi connectivity index (χ1v) is 12.0. The molecule has 37 heavy (non-hydrogen) atoms. The summed E-state index contributed by atoms with van der Waals surface area (Å²) in [5.74, 6) is -1.65. The maximum Gasteiger partial charge on any atom is 1.00 e. The number of hydrogen-bond acceptors (Lipinski definition) is 6. The van der Waals surface area contributed by atoms with Gasteiger partial charge in [-0.15, -0.1) is 0 Å². The van der Waals surface area contributed by atoms with Gasteiger partial charge in [0.05, 0.1) is 17.9 Å². The zero-order chi connectivity index (χ0) is 26.1. The Labute approximate surface area is 237 Å². The number of halogens is 1. The number of nitrogens with one attached hydrogen (secondary N) is 1. The number of imidazole rings is 1. The van der Waals surface area contributed by atoms with Crippen LogP contribution >= 0.6 is 0 Å². The van der Waals surface area contributed by atoms with Crippen LogP contribution in [0.4, 0.5) is 4.39 Å². The van der Waals surface area contributed by atoms with Crippen molar-refractivity contribution in [2.75, 3.05) is 6.54 Å². The normalized spacial score (nSPS) is 12.4. The molecule has 0 spiro atoms. The maximum absolute atomic E-state index is 13.5. The molecule has 0 fully saturated rings. The number of aliphatic hydroxyl groups is 2. The molecule has 3 aromatic rings. The summed E-state index contributed by atoms with van der Waals surface area (Å²) in [5, 5.41) is 33.7. The average Bonchev–Trinajstić information content (AvgIpc) is 3.22. The van der Waals surface area contributed by atoms with E-state index in [2.05, 4.69) is 10.3 Å². The zero-order valence-corrected chi connectivity index (χ0v) is 23.2. The molecule has 8 nitrogen and oxygen atoms in total. The summed E-state index contributed by atoms with van der Waals surface area (Å²) in [4.78, 5) is 28.3. The Morgan fingerprint density at radius 2 is 1.76 bits per heavy atom. The van der Waals surface area contributed by atoms with Gasteiger partial charge in [0.1, 0.15) is 17.3 Å². The van der Waals surface area contributed by atoms with Crippen molar-refractivity contribution in [2.45, 2.75) is 57.8 Å². The topological polar surface area (TPSA) is 128 Å². The molecule has 192 valence electrons. The van der Waals surface area contributed by atoms with E-state index < -0.39 is 30.4 Å². The van der Waals surface area contributed by atoms with Gasteiger partial charge in [-0.1, -0.05) is 37.3 Å². The fourth-order valence-corrected chi connectivity index (χ4v) is 4.12. The Morgan fingerprint density at radius 3 is 2.38 bits per heavy atom. The van der Waals surface area contributed by atoms with E-state index in [-0.39, 0.29) is 60.5 Å². The number of rotatable bonds is 13. The number of carbonyl (C=O) groups is 2. The number of nitrogens with zero attached hydrogens (tertiary/aromatic N) is 2. The molecule has 1 aromatic heterocycles. The van der Waals surface area contributed by atoms with E-state index in [1.54, 1.807) is 12.1 Å². The van der Waals surface area contributed by atoms with Gasteiger partial charge in [0, 0.05) is 31.0 Å². The molecule has 0 aliphatic carbocycles. The van der Waals surface area contributed by atoms with Gasteiger partial charge in [0.15, 0.2) is 0 Å². The van der Waals surface area contributed by atoms with Gasteiger partial charge >= 0.3 is 29.6 Å². The number of hydrogen-bond donors (Lipinski definition) is 3. The number of carboxylic acid groups (broad SMARTS) is 1. The monoisotopic (exact) mass is 519 g/mol. The fraction of sp³-hybridized carbons (Fsp3) is 0.370. The summed E-state index contributed by atoms with van der Waals surface area (Å²) in [6.45, 7) is 2.59. The minimum absolute atomic E-state index is 0. The maximum atomic E-state index is 13.5. The van der Waals surface area contributed by atoms with E-state index in [9.17, 15) is 29.3 Å². The second-order valence-electron chi connectivity index (χ2n) is 8.64. The molecule has 3 N–H and O–H groups in total. The summed E-state index contributed by atoms with van der Waals surface area (Å²) < 4.78 is 15.3. The van der Waals surface area contributed by atoms with Crippen molar-refractivity contribution in [2.24, 2.45) is 0 Å². The Morgan fingerprint density at radius 1 is 1.08 bits per heavy atom. The molecule has 0 aliphatic rings. The van der Waals surface area contributed by atoms with Crippen molar-refractivity contribution in [3.63, 3.8) is 0 Å². The van der Waals surface area contributed by atoms with Crippen LogP contribution in [0.1, 0.15) is 47.9 Å². The Hall–Kier alpha value is -2.56. The van der Waals surface area contributed by atoms with Crippen LogP contribution in [0.15, 0.2) is 54.6 Å². The molecule has 0 saturated heterocycles. The van der Waals surface area contributed by atoms with Gasteiger partial charge < -0.3 is 30.0 Å². The van der Waals surface area contributed by atoms with E-state index in [4.69, 9.17) is 0 Å². The van der Waals surface area contributed by atoms with Crippen molar-refractivity contribution in [1.82, 2.24) is 14.9 Å². The molecule has 0 saturated carbocycles. The molecule has 0 radical (unpaired) electrons. The van der Waals surface area contributed by atoms with Gasteiger partial charge in [0.25, 0.3) is 5.91 Å². The Kier molecular flexibility index (Phi) is 12.4. The second-order valence-corrected chi connectivity index (χ2v) is 8.64. The average molecular weight is 520 g/mol. The molecule has 1 heterocycles. The van der Waals surface area contributed by atoms with Gasteiger partial charge in [-0.3, -0.25) is 4.79 Å². The smallest absolute Gasteiger partial charge is 0.550 e. The van der Waals surface area contributed by atoms with E-state index in [0.717, 1.165) is 5.56 Å². The number of amides is 1. The minimum atomic E-state index is -1.39. The minimum Gasteiger partial charge on any atom is -0.550 e. The third kappa shape index (κ3) is 9.05. The van der Waals surface area contributed by atoms with Crippen LogP contribution in [0.25, 0.3) is 11.4 Å². The predicted octanol–water partition coefficient (Wildman–Crippen LogP) is -1.13. The summed E-state index contributed by atoms with van der Waals surface area (Å²) in [5.41, 5.74) is 2.63. The summed E-state index contributed by atoms with van der Waals surface area (Å²) in [6, 6.07) is 15.6. The van der Waals surface area contributed by atoms with E-state index in [1.165, 1.54) is 12.1 Å². The number of carbonyl (C=O) groups excluding carboxylic acids is 2. The predicted molar refractivity (Wildman–Crippen MR) is 130 cm³/mol. The van der Waals surface area contributed by atoms with Crippen molar-refractivity contribution >= 4 is 11.9 Å². The van der Waals surface area contributed by atoms with Crippen LogP contribution in [0.3, 0.4) is 0 Å².